The normalized spacial score (nSPS) is 14.9. The molecule has 1 saturated heterocycles. The monoisotopic (exact) mass is 484 g/mol. The van der Waals surface area contributed by atoms with Gasteiger partial charge in [0.2, 0.25) is 0 Å². The first-order valence-electron chi connectivity index (χ1n) is 12.4. The van der Waals surface area contributed by atoms with Gasteiger partial charge in [0.25, 0.3) is 0 Å². The molecule has 1 aliphatic heterocycles. The van der Waals surface area contributed by atoms with Gasteiger partial charge in [-0.25, -0.2) is 9.50 Å². The number of aromatic nitrogens is 3. The highest BCUT2D eigenvalue weighted by Gasteiger charge is 2.24. The van der Waals surface area contributed by atoms with Crippen molar-refractivity contribution in [1.29, 1.82) is 0 Å². The van der Waals surface area contributed by atoms with Crippen LogP contribution >= 0.6 is 0 Å². The number of hydrogen-bond donors (Lipinski definition) is 1. The van der Waals surface area contributed by atoms with Crippen molar-refractivity contribution < 1.29 is 14.6 Å². The molecule has 186 valence electrons. The van der Waals surface area contributed by atoms with Crippen molar-refractivity contribution in [3.05, 3.63) is 95.8 Å². The molecule has 1 aliphatic rings. The lowest BCUT2D eigenvalue weighted by atomic mass is 10.00. The number of piperidine rings is 1. The minimum absolute atomic E-state index is 0.0451. The van der Waals surface area contributed by atoms with Crippen molar-refractivity contribution in [3.8, 4) is 0 Å². The molecule has 0 saturated carbocycles. The van der Waals surface area contributed by atoms with E-state index < -0.39 is 5.97 Å². The van der Waals surface area contributed by atoms with E-state index >= 15 is 0 Å². The highest BCUT2D eigenvalue weighted by molar-refractivity contribution is 5.84. The predicted molar refractivity (Wildman–Crippen MR) is 136 cm³/mol. The number of ether oxygens (including phenoxy) is 1. The maximum absolute atomic E-state index is 11.0. The van der Waals surface area contributed by atoms with Gasteiger partial charge in [0, 0.05) is 19.6 Å². The molecule has 0 aliphatic carbocycles. The van der Waals surface area contributed by atoms with E-state index in [4.69, 9.17) is 4.74 Å². The number of hydrogen-bond acceptors (Lipinski definition) is 7. The summed E-state index contributed by atoms with van der Waals surface area (Å²) in [4.78, 5) is 17.4. The molecule has 1 N–H and O–H groups in total. The van der Waals surface area contributed by atoms with Gasteiger partial charge in [-0.3, -0.25) is 0 Å². The zero-order valence-electron chi connectivity index (χ0n) is 20.1. The van der Waals surface area contributed by atoms with Gasteiger partial charge in [0.1, 0.15) is 17.6 Å². The maximum Gasteiger partial charge on any atom is 0.154 e. The van der Waals surface area contributed by atoms with Gasteiger partial charge in [-0.2, -0.15) is 0 Å². The molecule has 2 aromatic heterocycles. The minimum atomic E-state index is -1.31. The average molecular weight is 485 g/mol. The predicted octanol–water partition coefficient (Wildman–Crippen LogP) is 3.17. The molecule has 0 unspecified atom stereocenters. The maximum atomic E-state index is 11.0. The van der Waals surface area contributed by atoms with Crippen LogP contribution in [0.4, 0.5) is 5.82 Å². The Kier molecular flexibility index (Phi) is 7.54. The standard InChI is InChI=1S/C28H31N5O3/c34-28(35)24-20-33-26(30-24)13-12-25(31-33)29-16-7-17-32-18-14-23(15-19-32)36-27(21-8-3-1-4-9-21)22-10-5-2-6-11-22/h1-6,8-13,20,23,27H,7,14-19H2,(H,29,31)(H,34,35)/p-1. The van der Waals surface area contributed by atoms with Crippen LogP contribution in [0.15, 0.2) is 79.0 Å². The third kappa shape index (κ3) is 5.90. The second-order valence-electron chi connectivity index (χ2n) is 9.09. The summed E-state index contributed by atoms with van der Waals surface area (Å²) in [6, 6.07) is 24.5. The number of aromatic carboxylic acids is 1. The first-order valence-corrected chi connectivity index (χ1v) is 12.4. The molecular formula is C28H30N5O3-. The molecule has 0 spiro atoms. The Labute approximate surface area is 210 Å². The lowest BCUT2D eigenvalue weighted by molar-refractivity contribution is -0.255. The number of carboxylic acid groups (broad SMARTS) is 1. The fourth-order valence-electron chi connectivity index (χ4n) is 4.66. The lowest BCUT2D eigenvalue weighted by Gasteiger charge is -2.34. The Balaban J connectivity index is 1.08. The smallest absolute Gasteiger partial charge is 0.154 e. The Morgan fingerprint density at radius 1 is 1.00 bits per heavy atom. The van der Waals surface area contributed by atoms with Crippen LogP contribution in [0.5, 0.6) is 0 Å². The van der Waals surface area contributed by atoms with Crippen LogP contribution in [0, 0.1) is 0 Å². The van der Waals surface area contributed by atoms with E-state index in [-0.39, 0.29) is 17.9 Å². The van der Waals surface area contributed by atoms with E-state index in [2.05, 4.69) is 68.8 Å². The number of nitrogens with zero attached hydrogens (tertiary/aromatic N) is 4. The highest BCUT2D eigenvalue weighted by atomic mass is 16.5. The second kappa shape index (κ2) is 11.3. The van der Waals surface area contributed by atoms with Crippen LogP contribution in [0.3, 0.4) is 0 Å². The molecule has 0 amide bonds. The number of nitrogens with one attached hydrogen (secondary N) is 1. The zero-order chi connectivity index (χ0) is 24.7. The molecule has 4 aromatic rings. The summed E-state index contributed by atoms with van der Waals surface area (Å²) in [6.07, 6.45) is 4.57. The third-order valence-corrected chi connectivity index (χ3v) is 6.55. The van der Waals surface area contributed by atoms with Crippen molar-refractivity contribution in [2.45, 2.75) is 31.5 Å². The molecule has 8 heteroatoms. The van der Waals surface area contributed by atoms with Gasteiger partial charge < -0.3 is 24.9 Å². The average Bonchev–Trinajstić information content (AvgIpc) is 3.36. The van der Waals surface area contributed by atoms with Crippen molar-refractivity contribution in [2.24, 2.45) is 0 Å². The molecule has 3 heterocycles. The summed E-state index contributed by atoms with van der Waals surface area (Å²) < 4.78 is 8.11. The molecule has 1 fully saturated rings. The summed E-state index contributed by atoms with van der Waals surface area (Å²) >= 11 is 0. The van der Waals surface area contributed by atoms with Gasteiger partial charge in [0.05, 0.1) is 18.3 Å². The Bertz CT molecular complexity index is 1230. The van der Waals surface area contributed by atoms with Crippen molar-refractivity contribution in [3.63, 3.8) is 0 Å². The third-order valence-electron chi connectivity index (χ3n) is 6.55. The quantitative estimate of drug-likeness (QED) is 0.346. The second-order valence-corrected chi connectivity index (χ2v) is 9.09. The van der Waals surface area contributed by atoms with Crippen molar-refractivity contribution in [1.82, 2.24) is 19.5 Å². The molecule has 8 nitrogen and oxygen atoms in total. The van der Waals surface area contributed by atoms with Crippen LogP contribution in [-0.2, 0) is 4.74 Å². The number of anilines is 1. The zero-order valence-corrected chi connectivity index (χ0v) is 20.1. The Morgan fingerprint density at radius 2 is 1.67 bits per heavy atom. The van der Waals surface area contributed by atoms with Gasteiger partial charge >= 0.3 is 0 Å². The van der Waals surface area contributed by atoms with Crippen LogP contribution in [0.25, 0.3) is 5.65 Å². The molecule has 36 heavy (non-hydrogen) atoms. The van der Waals surface area contributed by atoms with Crippen LogP contribution in [0.1, 0.15) is 47.0 Å². The van der Waals surface area contributed by atoms with Gasteiger partial charge in [-0.05, 0) is 49.1 Å². The summed E-state index contributed by atoms with van der Waals surface area (Å²) in [6.45, 7) is 3.82. The van der Waals surface area contributed by atoms with E-state index in [0.717, 1.165) is 45.4 Å². The molecular weight excluding hydrogens is 454 g/mol. The number of carbonyl (C=O) groups is 1. The Hall–Kier alpha value is -3.75. The van der Waals surface area contributed by atoms with E-state index in [1.165, 1.54) is 21.8 Å². The SMILES string of the molecule is O=C([O-])c1cn2nc(NCCCN3CCC(OC(c4ccccc4)c4ccccc4)CC3)ccc2n1. The summed E-state index contributed by atoms with van der Waals surface area (Å²) in [7, 11) is 0. The van der Waals surface area contributed by atoms with Gasteiger partial charge in [-0.1, -0.05) is 60.7 Å². The van der Waals surface area contributed by atoms with E-state index in [9.17, 15) is 9.90 Å². The molecule has 5 rings (SSSR count). The molecule has 0 atom stereocenters. The fourth-order valence-corrected chi connectivity index (χ4v) is 4.66. The number of carboxylic acids is 1. The summed E-state index contributed by atoms with van der Waals surface area (Å²) in [5, 5.41) is 18.7. The van der Waals surface area contributed by atoms with E-state index in [1.54, 1.807) is 12.1 Å². The molecule has 2 aromatic carbocycles. The van der Waals surface area contributed by atoms with E-state index in [0.29, 0.717) is 11.5 Å². The topological polar surface area (TPSA) is 94.8 Å². The summed E-state index contributed by atoms with van der Waals surface area (Å²) in [5.41, 5.74) is 2.74. The van der Waals surface area contributed by atoms with Gasteiger partial charge in [-0.15, -0.1) is 5.10 Å². The van der Waals surface area contributed by atoms with Crippen LogP contribution in [-0.4, -0.2) is 57.8 Å². The number of carbonyl (C=O) groups excluding carboxylic acids is 1. The van der Waals surface area contributed by atoms with Crippen LogP contribution in [0.2, 0.25) is 0 Å². The minimum Gasteiger partial charge on any atom is -0.543 e. The van der Waals surface area contributed by atoms with Crippen LogP contribution < -0.4 is 10.4 Å². The lowest BCUT2D eigenvalue weighted by Crippen LogP contribution is -2.38. The van der Waals surface area contributed by atoms with Gasteiger partial charge in [0.15, 0.2) is 5.65 Å². The van der Waals surface area contributed by atoms with Crippen molar-refractivity contribution in [2.75, 3.05) is 31.5 Å². The Morgan fingerprint density at radius 3 is 2.31 bits per heavy atom. The number of likely N-dealkylation sites (tertiary alicyclic amines) is 1. The summed E-state index contributed by atoms with van der Waals surface area (Å²) in [5.74, 6) is -0.621. The first-order chi connectivity index (χ1) is 17.7. The van der Waals surface area contributed by atoms with E-state index in [1.807, 2.05) is 12.1 Å². The molecule has 0 radical (unpaired) electrons. The number of rotatable bonds is 10. The van der Waals surface area contributed by atoms with Crippen molar-refractivity contribution >= 4 is 17.4 Å². The fraction of sp³-hybridized carbons (Fsp3) is 0.321. The highest BCUT2D eigenvalue weighted by Crippen LogP contribution is 2.30. The number of benzene rings is 2. The number of fused-ring (bicyclic) bond motifs is 1. The number of imidazole rings is 1. The first kappa shape index (κ1) is 24.0. The molecule has 0 bridgehead atoms. The largest absolute Gasteiger partial charge is 0.543 e.